The van der Waals surface area contributed by atoms with Gasteiger partial charge in [0, 0.05) is 29.8 Å². The Bertz CT molecular complexity index is 430. The number of aromatic nitrogens is 1. The number of thioether (sulfide) groups is 1. The second-order valence-electron chi connectivity index (χ2n) is 4.81. The Balaban J connectivity index is 2.30. The molecule has 3 N–H and O–H groups in total. The SMILES string of the molecule is CC1(C)CN(c2cccnc2C(=N)N)CCS1. The summed E-state index contributed by atoms with van der Waals surface area (Å²) in [6.07, 6.45) is 1.68. The number of rotatable bonds is 2. The molecular weight excluding hydrogens is 232 g/mol. The van der Waals surface area contributed by atoms with E-state index in [0.717, 1.165) is 24.5 Å². The number of nitrogen functional groups attached to an aromatic ring is 1. The van der Waals surface area contributed by atoms with Crippen LogP contribution in [-0.4, -0.2) is 34.4 Å². The highest BCUT2D eigenvalue weighted by molar-refractivity contribution is 8.00. The van der Waals surface area contributed by atoms with Crippen LogP contribution >= 0.6 is 11.8 Å². The number of amidine groups is 1. The van der Waals surface area contributed by atoms with E-state index in [1.807, 2.05) is 23.9 Å². The molecule has 0 aliphatic carbocycles. The number of hydrogen-bond donors (Lipinski definition) is 2. The van der Waals surface area contributed by atoms with Gasteiger partial charge in [-0.15, -0.1) is 0 Å². The van der Waals surface area contributed by atoms with Crippen LogP contribution in [0.4, 0.5) is 5.69 Å². The van der Waals surface area contributed by atoms with Crippen LogP contribution in [0.25, 0.3) is 0 Å². The highest BCUT2D eigenvalue weighted by Crippen LogP contribution is 2.32. The van der Waals surface area contributed by atoms with E-state index in [9.17, 15) is 0 Å². The molecule has 0 aromatic carbocycles. The zero-order valence-electron chi connectivity index (χ0n) is 10.2. The lowest BCUT2D eigenvalue weighted by atomic mass is 10.1. The van der Waals surface area contributed by atoms with Gasteiger partial charge < -0.3 is 10.6 Å². The van der Waals surface area contributed by atoms with Gasteiger partial charge in [-0.05, 0) is 26.0 Å². The Morgan fingerprint density at radius 2 is 2.35 bits per heavy atom. The van der Waals surface area contributed by atoms with E-state index in [4.69, 9.17) is 11.1 Å². The van der Waals surface area contributed by atoms with Gasteiger partial charge in [-0.2, -0.15) is 11.8 Å². The maximum absolute atomic E-state index is 7.58. The molecule has 0 unspecified atom stereocenters. The van der Waals surface area contributed by atoms with Crippen LogP contribution in [0, 0.1) is 5.41 Å². The molecule has 92 valence electrons. The van der Waals surface area contributed by atoms with Gasteiger partial charge >= 0.3 is 0 Å². The molecule has 0 atom stereocenters. The minimum Gasteiger partial charge on any atom is -0.382 e. The standard InChI is InChI=1S/C12H18N4S/c1-12(2)8-16(6-7-17-12)9-4-3-5-15-10(9)11(13)14/h3-5H,6-8H2,1-2H3,(H3,13,14). The molecule has 0 amide bonds. The Morgan fingerprint density at radius 3 is 3.00 bits per heavy atom. The van der Waals surface area contributed by atoms with Gasteiger partial charge in [0.25, 0.3) is 0 Å². The van der Waals surface area contributed by atoms with Crippen LogP contribution < -0.4 is 10.6 Å². The van der Waals surface area contributed by atoms with Gasteiger partial charge in [-0.25, -0.2) is 0 Å². The first-order valence-corrected chi connectivity index (χ1v) is 6.66. The lowest BCUT2D eigenvalue weighted by Gasteiger charge is -2.39. The third kappa shape index (κ3) is 2.72. The highest BCUT2D eigenvalue weighted by atomic mass is 32.2. The van der Waals surface area contributed by atoms with Crippen LogP contribution in [0.5, 0.6) is 0 Å². The van der Waals surface area contributed by atoms with Crippen LogP contribution in [0.1, 0.15) is 19.5 Å². The van der Waals surface area contributed by atoms with Crippen molar-refractivity contribution in [1.82, 2.24) is 4.98 Å². The fourth-order valence-corrected chi connectivity index (χ4v) is 3.19. The van der Waals surface area contributed by atoms with Crippen molar-refractivity contribution in [3.8, 4) is 0 Å². The van der Waals surface area contributed by atoms with Gasteiger partial charge in [0.2, 0.25) is 0 Å². The minimum absolute atomic E-state index is 0.0385. The summed E-state index contributed by atoms with van der Waals surface area (Å²) >= 11 is 1.99. The normalized spacial score (nSPS) is 19.1. The predicted octanol–water partition coefficient (Wildman–Crippen LogP) is 1.70. The summed E-state index contributed by atoms with van der Waals surface area (Å²) in [5.41, 5.74) is 7.15. The average molecular weight is 250 g/mol. The number of nitrogens with zero attached hydrogens (tertiary/aromatic N) is 2. The molecule has 0 bridgehead atoms. The summed E-state index contributed by atoms with van der Waals surface area (Å²) in [5, 5.41) is 7.58. The second kappa shape index (κ2) is 4.56. The molecule has 1 aliphatic heterocycles. The van der Waals surface area contributed by atoms with E-state index in [1.54, 1.807) is 6.20 Å². The van der Waals surface area contributed by atoms with E-state index in [0.29, 0.717) is 5.69 Å². The van der Waals surface area contributed by atoms with Crippen molar-refractivity contribution in [3.05, 3.63) is 24.0 Å². The Hall–Kier alpha value is -1.23. The smallest absolute Gasteiger partial charge is 0.143 e. The van der Waals surface area contributed by atoms with Crippen molar-refractivity contribution in [2.24, 2.45) is 5.73 Å². The molecule has 0 radical (unpaired) electrons. The molecule has 1 aromatic heterocycles. The van der Waals surface area contributed by atoms with E-state index in [2.05, 4.69) is 23.7 Å². The third-order valence-corrected chi connectivity index (χ3v) is 4.11. The fraction of sp³-hybridized carbons (Fsp3) is 0.500. The molecule has 2 heterocycles. The first kappa shape index (κ1) is 12.2. The zero-order chi connectivity index (χ0) is 12.5. The van der Waals surface area contributed by atoms with Crippen LogP contribution in [-0.2, 0) is 0 Å². The molecule has 1 fully saturated rings. The topological polar surface area (TPSA) is 66.0 Å². The Kier molecular flexibility index (Phi) is 3.28. The van der Waals surface area contributed by atoms with E-state index in [1.165, 1.54) is 0 Å². The molecule has 0 spiro atoms. The summed E-state index contributed by atoms with van der Waals surface area (Å²) < 4.78 is 0.238. The first-order chi connectivity index (χ1) is 7.99. The van der Waals surface area contributed by atoms with E-state index >= 15 is 0 Å². The average Bonchev–Trinajstić information content (AvgIpc) is 2.27. The van der Waals surface area contributed by atoms with E-state index in [-0.39, 0.29) is 10.6 Å². The molecule has 0 saturated carbocycles. The largest absolute Gasteiger partial charge is 0.382 e. The molecular formula is C12H18N4S. The van der Waals surface area contributed by atoms with Crippen LogP contribution in [0.15, 0.2) is 18.3 Å². The molecule has 1 aromatic rings. The molecule has 2 rings (SSSR count). The summed E-state index contributed by atoms with van der Waals surface area (Å²) in [5.74, 6) is 1.14. The van der Waals surface area contributed by atoms with Gasteiger partial charge in [0.1, 0.15) is 11.5 Å². The van der Waals surface area contributed by atoms with Gasteiger partial charge in [0.15, 0.2) is 0 Å². The Morgan fingerprint density at radius 1 is 1.59 bits per heavy atom. The highest BCUT2D eigenvalue weighted by Gasteiger charge is 2.28. The van der Waals surface area contributed by atoms with Crippen molar-refractivity contribution in [3.63, 3.8) is 0 Å². The number of pyridine rings is 1. The molecule has 4 nitrogen and oxygen atoms in total. The third-order valence-electron chi connectivity index (χ3n) is 2.81. The first-order valence-electron chi connectivity index (χ1n) is 5.68. The number of nitrogens with two attached hydrogens (primary N) is 1. The molecule has 1 saturated heterocycles. The summed E-state index contributed by atoms with van der Waals surface area (Å²) in [6, 6.07) is 3.90. The van der Waals surface area contributed by atoms with Gasteiger partial charge in [-0.1, -0.05) is 0 Å². The lowest BCUT2D eigenvalue weighted by Crippen LogP contribution is -2.44. The monoisotopic (exact) mass is 250 g/mol. The van der Waals surface area contributed by atoms with Crippen molar-refractivity contribution in [2.45, 2.75) is 18.6 Å². The summed E-state index contributed by atoms with van der Waals surface area (Å²) in [7, 11) is 0. The zero-order valence-corrected chi connectivity index (χ0v) is 11.0. The van der Waals surface area contributed by atoms with Crippen LogP contribution in [0.2, 0.25) is 0 Å². The fourth-order valence-electron chi connectivity index (χ4n) is 2.08. The quantitative estimate of drug-likeness (QED) is 0.619. The van der Waals surface area contributed by atoms with Crippen molar-refractivity contribution in [1.29, 1.82) is 5.41 Å². The number of nitrogens with one attached hydrogen (secondary N) is 1. The molecule has 1 aliphatic rings. The second-order valence-corrected chi connectivity index (χ2v) is 6.62. The molecule has 5 heteroatoms. The predicted molar refractivity (Wildman–Crippen MR) is 74.0 cm³/mol. The molecule has 17 heavy (non-hydrogen) atoms. The van der Waals surface area contributed by atoms with Gasteiger partial charge in [0.05, 0.1) is 5.69 Å². The summed E-state index contributed by atoms with van der Waals surface area (Å²) in [6.45, 7) is 6.44. The van der Waals surface area contributed by atoms with Crippen LogP contribution in [0.3, 0.4) is 0 Å². The van der Waals surface area contributed by atoms with E-state index < -0.39 is 0 Å². The number of anilines is 1. The van der Waals surface area contributed by atoms with Crippen molar-refractivity contribution in [2.75, 3.05) is 23.7 Å². The van der Waals surface area contributed by atoms with Crippen molar-refractivity contribution < 1.29 is 0 Å². The maximum atomic E-state index is 7.58. The van der Waals surface area contributed by atoms with Crippen molar-refractivity contribution >= 4 is 23.3 Å². The van der Waals surface area contributed by atoms with Gasteiger partial charge in [-0.3, -0.25) is 10.4 Å². The Labute approximate surface area is 106 Å². The maximum Gasteiger partial charge on any atom is 0.143 e. The lowest BCUT2D eigenvalue weighted by molar-refractivity contribution is 0.646. The minimum atomic E-state index is 0.0385. The number of hydrogen-bond acceptors (Lipinski definition) is 4. The summed E-state index contributed by atoms with van der Waals surface area (Å²) in [4.78, 5) is 6.48.